The van der Waals surface area contributed by atoms with E-state index >= 15 is 0 Å². The molecule has 3 heterocycles. The third-order valence-corrected chi connectivity index (χ3v) is 5.67. The number of benzene rings is 1. The minimum absolute atomic E-state index is 0.227. The fraction of sp³-hybridized carbons (Fsp3) is 0.500. The number of nitrogens with zero attached hydrogens (tertiary/aromatic N) is 4. The summed E-state index contributed by atoms with van der Waals surface area (Å²) < 4.78 is 0. The van der Waals surface area contributed by atoms with Crippen LogP contribution in [0, 0.1) is 0 Å². The van der Waals surface area contributed by atoms with Gasteiger partial charge in [0.15, 0.2) is 5.82 Å². The first-order valence-corrected chi connectivity index (χ1v) is 9.80. The van der Waals surface area contributed by atoms with Gasteiger partial charge in [-0.15, -0.1) is 10.2 Å². The first kappa shape index (κ1) is 18.0. The van der Waals surface area contributed by atoms with Crippen molar-refractivity contribution in [2.45, 2.75) is 18.9 Å². The molecular weight excluding hydrogens is 340 g/mol. The van der Waals surface area contributed by atoms with Gasteiger partial charge in [0.2, 0.25) is 0 Å². The Hall–Kier alpha value is -2.38. The molecule has 2 saturated heterocycles. The third-order valence-electron chi connectivity index (χ3n) is 5.67. The Bertz CT molecular complexity index is 769. The number of phenolic OH excluding ortho intramolecular Hbond substituents is 1. The molecule has 0 atom stereocenters. The summed E-state index contributed by atoms with van der Waals surface area (Å²) in [6, 6.07) is 10.0. The monoisotopic (exact) mass is 368 g/mol. The number of aromatic nitrogens is 2. The molecule has 0 saturated carbocycles. The van der Waals surface area contributed by atoms with Gasteiger partial charge in [0.05, 0.1) is 11.4 Å². The molecule has 2 aromatic rings. The van der Waals surface area contributed by atoms with E-state index in [9.17, 15) is 5.11 Å². The lowest BCUT2D eigenvalue weighted by Gasteiger charge is -2.41. The summed E-state index contributed by atoms with van der Waals surface area (Å²) >= 11 is 0. The fourth-order valence-corrected chi connectivity index (χ4v) is 4.12. The highest BCUT2D eigenvalue weighted by Crippen LogP contribution is 2.32. The van der Waals surface area contributed by atoms with Gasteiger partial charge in [-0.2, -0.15) is 0 Å². The molecule has 2 aliphatic rings. The molecular formula is C20H28N6O. The van der Waals surface area contributed by atoms with E-state index in [-0.39, 0.29) is 5.75 Å². The average molecular weight is 368 g/mol. The van der Waals surface area contributed by atoms with Crippen LogP contribution in [0.1, 0.15) is 12.8 Å². The zero-order chi connectivity index (χ0) is 18.6. The Labute approximate surface area is 160 Å². The van der Waals surface area contributed by atoms with Crippen molar-refractivity contribution in [2.24, 2.45) is 0 Å². The van der Waals surface area contributed by atoms with Crippen LogP contribution >= 0.6 is 0 Å². The normalized spacial score (nSPS) is 19.2. The highest BCUT2D eigenvalue weighted by atomic mass is 16.3. The van der Waals surface area contributed by atoms with Gasteiger partial charge < -0.3 is 20.6 Å². The van der Waals surface area contributed by atoms with Crippen LogP contribution in [0.2, 0.25) is 0 Å². The third kappa shape index (κ3) is 3.84. The zero-order valence-electron chi connectivity index (χ0n) is 15.9. The van der Waals surface area contributed by atoms with Gasteiger partial charge >= 0.3 is 0 Å². The quantitative estimate of drug-likeness (QED) is 0.759. The van der Waals surface area contributed by atoms with Gasteiger partial charge in [-0.05, 0) is 44.1 Å². The molecule has 3 N–H and O–H groups in total. The van der Waals surface area contributed by atoms with Crippen LogP contribution in [0.25, 0.3) is 11.3 Å². The summed E-state index contributed by atoms with van der Waals surface area (Å²) in [5.41, 5.74) is 2.46. The number of hydrogen-bond acceptors (Lipinski definition) is 7. The van der Waals surface area contributed by atoms with Crippen molar-refractivity contribution in [3.63, 3.8) is 0 Å². The molecule has 2 fully saturated rings. The van der Waals surface area contributed by atoms with Crippen LogP contribution in [0.15, 0.2) is 30.3 Å². The van der Waals surface area contributed by atoms with E-state index in [0.29, 0.717) is 17.3 Å². The topological polar surface area (TPSA) is 76.6 Å². The maximum absolute atomic E-state index is 10.2. The summed E-state index contributed by atoms with van der Waals surface area (Å²) in [5.74, 6) is 1.01. The Balaban J connectivity index is 1.53. The zero-order valence-corrected chi connectivity index (χ0v) is 15.9. The number of phenols is 1. The van der Waals surface area contributed by atoms with E-state index in [1.54, 1.807) is 6.07 Å². The number of aromatic hydroxyl groups is 1. The van der Waals surface area contributed by atoms with E-state index in [1.165, 1.54) is 12.8 Å². The minimum atomic E-state index is 0.227. The smallest absolute Gasteiger partial charge is 0.172 e. The first-order valence-electron chi connectivity index (χ1n) is 9.80. The second-order valence-electron chi connectivity index (χ2n) is 7.23. The van der Waals surface area contributed by atoms with Crippen molar-refractivity contribution in [1.29, 1.82) is 0 Å². The number of piperidine rings is 1. The van der Waals surface area contributed by atoms with Crippen LogP contribution in [0.5, 0.6) is 5.75 Å². The van der Waals surface area contributed by atoms with E-state index in [0.717, 1.165) is 50.8 Å². The predicted molar refractivity (Wildman–Crippen MR) is 108 cm³/mol. The molecule has 0 aliphatic carbocycles. The molecule has 0 amide bonds. The number of piperazine rings is 1. The Morgan fingerprint density at radius 3 is 2.52 bits per heavy atom. The molecule has 1 aromatic heterocycles. The molecule has 27 heavy (non-hydrogen) atoms. The van der Waals surface area contributed by atoms with Gasteiger partial charge in [0.25, 0.3) is 0 Å². The molecule has 7 heteroatoms. The lowest BCUT2D eigenvalue weighted by Crippen LogP contribution is -2.53. The van der Waals surface area contributed by atoms with Gasteiger partial charge in [0.1, 0.15) is 5.75 Å². The van der Waals surface area contributed by atoms with Crippen molar-refractivity contribution < 1.29 is 5.11 Å². The molecule has 0 radical (unpaired) electrons. The van der Waals surface area contributed by atoms with E-state index < -0.39 is 0 Å². The molecule has 4 rings (SSSR count). The standard InChI is InChI=1S/C20H28N6O/c1-21-20-18(14-17(23-24-20)16-4-2-3-5-19(16)27)26-12-10-25(11-13-26)15-6-8-22-9-7-15/h2-5,14-15,22,27H,6-13H2,1H3,(H,21,24). The SMILES string of the molecule is CNc1nnc(-c2ccccc2O)cc1N1CCN(C2CCNCC2)CC1. The van der Waals surface area contributed by atoms with Crippen molar-refractivity contribution >= 4 is 11.5 Å². The molecule has 2 aliphatic heterocycles. The molecule has 0 spiro atoms. The van der Waals surface area contributed by atoms with Crippen LogP contribution in [0.4, 0.5) is 11.5 Å². The predicted octanol–water partition coefficient (Wildman–Crippen LogP) is 1.76. The number of para-hydroxylation sites is 1. The molecule has 1 aromatic carbocycles. The molecule has 144 valence electrons. The maximum Gasteiger partial charge on any atom is 0.172 e. The highest BCUT2D eigenvalue weighted by Gasteiger charge is 2.26. The van der Waals surface area contributed by atoms with Crippen molar-refractivity contribution in [2.75, 3.05) is 56.5 Å². The summed E-state index contributed by atoms with van der Waals surface area (Å²) in [7, 11) is 1.87. The number of anilines is 2. The first-order chi connectivity index (χ1) is 13.3. The summed E-state index contributed by atoms with van der Waals surface area (Å²) in [6.07, 6.45) is 2.49. The van der Waals surface area contributed by atoms with E-state index in [2.05, 4.69) is 30.6 Å². The van der Waals surface area contributed by atoms with Gasteiger partial charge in [-0.3, -0.25) is 4.90 Å². The van der Waals surface area contributed by atoms with Gasteiger partial charge in [0, 0.05) is 44.8 Å². The van der Waals surface area contributed by atoms with Gasteiger partial charge in [-0.1, -0.05) is 12.1 Å². The Kier molecular flexibility index (Phi) is 5.40. The van der Waals surface area contributed by atoms with Gasteiger partial charge in [-0.25, -0.2) is 0 Å². The van der Waals surface area contributed by atoms with Crippen molar-refractivity contribution in [1.82, 2.24) is 20.4 Å². The Morgan fingerprint density at radius 1 is 1.07 bits per heavy atom. The van der Waals surface area contributed by atoms with E-state index in [1.807, 2.05) is 31.3 Å². The second-order valence-corrected chi connectivity index (χ2v) is 7.23. The Morgan fingerprint density at radius 2 is 1.81 bits per heavy atom. The lowest BCUT2D eigenvalue weighted by molar-refractivity contribution is 0.153. The highest BCUT2D eigenvalue weighted by molar-refractivity contribution is 5.75. The summed E-state index contributed by atoms with van der Waals surface area (Å²) in [5, 5.41) is 25.4. The number of rotatable bonds is 4. The van der Waals surface area contributed by atoms with Crippen LogP contribution in [-0.4, -0.2) is 72.6 Å². The van der Waals surface area contributed by atoms with Crippen LogP contribution in [-0.2, 0) is 0 Å². The molecule has 0 bridgehead atoms. The molecule has 7 nitrogen and oxygen atoms in total. The van der Waals surface area contributed by atoms with Crippen molar-refractivity contribution in [3.8, 4) is 17.0 Å². The van der Waals surface area contributed by atoms with Crippen molar-refractivity contribution in [3.05, 3.63) is 30.3 Å². The summed E-state index contributed by atoms with van der Waals surface area (Å²) in [4.78, 5) is 5.01. The van der Waals surface area contributed by atoms with Crippen LogP contribution in [0.3, 0.4) is 0 Å². The molecule has 0 unspecified atom stereocenters. The average Bonchev–Trinajstić information content (AvgIpc) is 2.74. The van der Waals surface area contributed by atoms with E-state index in [4.69, 9.17) is 0 Å². The number of nitrogens with one attached hydrogen (secondary N) is 2. The lowest BCUT2D eigenvalue weighted by atomic mass is 10.0. The van der Waals surface area contributed by atoms with Crippen LogP contribution < -0.4 is 15.5 Å². The maximum atomic E-state index is 10.2. The number of hydrogen-bond donors (Lipinski definition) is 3. The second kappa shape index (κ2) is 8.10. The largest absolute Gasteiger partial charge is 0.507 e. The fourth-order valence-electron chi connectivity index (χ4n) is 4.12. The summed E-state index contributed by atoms with van der Waals surface area (Å²) in [6.45, 7) is 6.36. The minimum Gasteiger partial charge on any atom is -0.507 e.